The number of anilines is 1. The number of ether oxygens (including phenoxy) is 1. The molecule has 1 aliphatic heterocycles. The molecular formula is C10H11NO. The van der Waals surface area contributed by atoms with E-state index in [4.69, 9.17) is 4.74 Å². The number of hydrogen-bond donors (Lipinski definition) is 1. The van der Waals surface area contributed by atoms with Gasteiger partial charge >= 0.3 is 0 Å². The van der Waals surface area contributed by atoms with Gasteiger partial charge in [0.25, 0.3) is 0 Å². The van der Waals surface area contributed by atoms with E-state index in [1.165, 1.54) is 0 Å². The number of fused-ring (bicyclic) bond motifs is 1. The minimum absolute atomic E-state index is 0.847. The summed E-state index contributed by atoms with van der Waals surface area (Å²) in [6.07, 6.45) is 2.04. The average Bonchev–Trinajstić information content (AvgIpc) is 2.17. The van der Waals surface area contributed by atoms with Crippen LogP contribution >= 0.6 is 0 Å². The fraction of sp³-hybridized carbons (Fsp3) is 0.200. The molecule has 2 nitrogen and oxygen atoms in total. The minimum Gasteiger partial charge on any atom is -0.496 e. The van der Waals surface area contributed by atoms with Gasteiger partial charge in [-0.1, -0.05) is 12.1 Å². The molecule has 1 heterocycles. The molecule has 0 fully saturated rings. The van der Waals surface area contributed by atoms with Gasteiger partial charge in [0, 0.05) is 17.8 Å². The molecule has 0 saturated heterocycles. The lowest BCUT2D eigenvalue weighted by molar-refractivity contribution is 0.369. The van der Waals surface area contributed by atoms with Gasteiger partial charge in [0.2, 0.25) is 0 Å². The van der Waals surface area contributed by atoms with E-state index in [9.17, 15) is 0 Å². The Kier molecular flexibility index (Phi) is 1.74. The first-order valence-corrected chi connectivity index (χ1v) is 3.99. The number of nitrogens with one attached hydrogen (secondary N) is 1. The predicted octanol–water partition coefficient (Wildman–Crippen LogP) is 2.10. The Morgan fingerprint density at radius 2 is 2.17 bits per heavy atom. The third-order valence-electron chi connectivity index (χ3n) is 1.99. The van der Waals surface area contributed by atoms with Gasteiger partial charge in [0.1, 0.15) is 5.76 Å². The van der Waals surface area contributed by atoms with Crippen LogP contribution in [-0.2, 0) is 4.74 Å². The second kappa shape index (κ2) is 2.89. The molecule has 12 heavy (non-hydrogen) atoms. The van der Waals surface area contributed by atoms with Crippen LogP contribution in [0, 0.1) is 0 Å². The lowest BCUT2D eigenvalue weighted by Gasteiger charge is -2.17. The Morgan fingerprint density at radius 1 is 1.33 bits per heavy atom. The summed E-state index contributed by atoms with van der Waals surface area (Å²) in [7, 11) is 1.70. The van der Waals surface area contributed by atoms with Gasteiger partial charge < -0.3 is 10.1 Å². The van der Waals surface area contributed by atoms with Crippen molar-refractivity contribution in [3.8, 4) is 0 Å². The number of benzene rings is 1. The third kappa shape index (κ3) is 1.05. The maximum absolute atomic E-state index is 5.24. The zero-order valence-corrected chi connectivity index (χ0v) is 7.00. The maximum atomic E-state index is 5.24. The molecule has 0 saturated carbocycles. The number of rotatable bonds is 1. The molecule has 0 radical (unpaired) electrons. The number of hydrogen-bond acceptors (Lipinski definition) is 2. The lowest BCUT2D eigenvalue weighted by atomic mass is 10.1. The Balaban J connectivity index is 2.48. The van der Waals surface area contributed by atoms with Gasteiger partial charge in [0.15, 0.2) is 0 Å². The second-order valence-corrected chi connectivity index (χ2v) is 2.70. The van der Waals surface area contributed by atoms with Crippen molar-refractivity contribution in [3.63, 3.8) is 0 Å². The van der Waals surface area contributed by atoms with Gasteiger partial charge in [0.05, 0.1) is 7.11 Å². The van der Waals surface area contributed by atoms with Crippen LogP contribution < -0.4 is 5.32 Å². The highest BCUT2D eigenvalue weighted by atomic mass is 16.5. The van der Waals surface area contributed by atoms with Crippen molar-refractivity contribution in [3.05, 3.63) is 35.9 Å². The van der Waals surface area contributed by atoms with Crippen molar-refractivity contribution in [1.29, 1.82) is 0 Å². The molecule has 1 aliphatic rings. The molecule has 1 aromatic rings. The van der Waals surface area contributed by atoms with Crippen LogP contribution in [-0.4, -0.2) is 13.7 Å². The zero-order valence-electron chi connectivity index (χ0n) is 7.00. The standard InChI is InChI=1S/C10H11NO/c1-12-10-6-7-11-9-5-3-2-4-8(9)10/h2-6,11H,7H2,1H3. The summed E-state index contributed by atoms with van der Waals surface area (Å²) in [5.74, 6) is 0.962. The minimum atomic E-state index is 0.847. The van der Waals surface area contributed by atoms with Crippen molar-refractivity contribution < 1.29 is 4.74 Å². The van der Waals surface area contributed by atoms with E-state index in [-0.39, 0.29) is 0 Å². The molecule has 1 aromatic carbocycles. The number of para-hydroxylation sites is 1. The summed E-state index contributed by atoms with van der Waals surface area (Å²) >= 11 is 0. The van der Waals surface area contributed by atoms with E-state index in [0.717, 1.165) is 23.6 Å². The van der Waals surface area contributed by atoms with Crippen LogP contribution in [0.25, 0.3) is 5.76 Å². The average molecular weight is 161 g/mol. The lowest BCUT2D eigenvalue weighted by Crippen LogP contribution is -2.08. The van der Waals surface area contributed by atoms with Crippen molar-refractivity contribution in [2.75, 3.05) is 19.0 Å². The molecule has 0 bridgehead atoms. The monoisotopic (exact) mass is 161 g/mol. The van der Waals surface area contributed by atoms with Crippen molar-refractivity contribution in [2.24, 2.45) is 0 Å². The van der Waals surface area contributed by atoms with Crippen LogP contribution in [0.4, 0.5) is 5.69 Å². The van der Waals surface area contributed by atoms with E-state index < -0.39 is 0 Å². The zero-order chi connectivity index (χ0) is 8.39. The Bertz CT molecular complexity index is 317. The van der Waals surface area contributed by atoms with Gasteiger partial charge in [-0.05, 0) is 18.2 Å². The van der Waals surface area contributed by atoms with Crippen LogP contribution in [0.2, 0.25) is 0 Å². The second-order valence-electron chi connectivity index (χ2n) is 2.70. The summed E-state index contributed by atoms with van der Waals surface area (Å²) in [4.78, 5) is 0. The largest absolute Gasteiger partial charge is 0.496 e. The van der Waals surface area contributed by atoms with Crippen LogP contribution in [0.1, 0.15) is 5.56 Å². The summed E-state index contributed by atoms with van der Waals surface area (Å²) in [6, 6.07) is 8.14. The molecule has 0 amide bonds. The molecule has 62 valence electrons. The molecule has 0 aromatic heterocycles. The predicted molar refractivity (Wildman–Crippen MR) is 49.9 cm³/mol. The fourth-order valence-electron chi connectivity index (χ4n) is 1.41. The highest BCUT2D eigenvalue weighted by molar-refractivity contribution is 5.75. The first kappa shape index (κ1) is 7.22. The molecule has 0 spiro atoms. The van der Waals surface area contributed by atoms with E-state index in [2.05, 4.69) is 17.4 Å². The summed E-state index contributed by atoms with van der Waals surface area (Å²) in [5.41, 5.74) is 2.29. The van der Waals surface area contributed by atoms with Crippen LogP contribution in [0.15, 0.2) is 30.3 Å². The van der Waals surface area contributed by atoms with Gasteiger partial charge in [-0.15, -0.1) is 0 Å². The molecule has 0 aliphatic carbocycles. The number of methoxy groups -OCH3 is 1. The summed E-state index contributed by atoms with van der Waals surface area (Å²) in [6.45, 7) is 0.847. The Hall–Kier alpha value is -1.44. The van der Waals surface area contributed by atoms with E-state index in [0.29, 0.717) is 0 Å². The van der Waals surface area contributed by atoms with Crippen molar-refractivity contribution in [2.45, 2.75) is 0 Å². The molecule has 0 unspecified atom stereocenters. The molecule has 2 rings (SSSR count). The van der Waals surface area contributed by atoms with Crippen molar-refractivity contribution in [1.82, 2.24) is 0 Å². The highest BCUT2D eigenvalue weighted by Gasteiger charge is 2.10. The van der Waals surface area contributed by atoms with Crippen LogP contribution in [0.3, 0.4) is 0 Å². The summed E-state index contributed by atoms with van der Waals surface area (Å²) in [5, 5.41) is 3.27. The molecular weight excluding hydrogens is 150 g/mol. The molecule has 1 N–H and O–H groups in total. The van der Waals surface area contributed by atoms with Gasteiger partial charge in [-0.25, -0.2) is 0 Å². The van der Waals surface area contributed by atoms with E-state index >= 15 is 0 Å². The molecule has 0 atom stereocenters. The smallest absolute Gasteiger partial charge is 0.125 e. The summed E-state index contributed by atoms with van der Waals surface area (Å²) < 4.78 is 5.24. The Morgan fingerprint density at radius 3 is 3.00 bits per heavy atom. The van der Waals surface area contributed by atoms with Gasteiger partial charge in [-0.3, -0.25) is 0 Å². The Labute approximate surface area is 71.9 Å². The van der Waals surface area contributed by atoms with Crippen molar-refractivity contribution >= 4 is 11.4 Å². The highest BCUT2D eigenvalue weighted by Crippen LogP contribution is 2.26. The quantitative estimate of drug-likeness (QED) is 0.681. The van der Waals surface area contributed by atoms with Gasteiger partial charge in [-0.2, -0.15) is 0 Å². The maximum Gasteiger partial charge on any atom is 0.125 e. The third-order valence-corrected chi connectivity index (χ3v) is 1.99. The topological polar surface area (TPSA) is 21.3 Å². The van der Waals surface area contributed by atoms with E-state index in [1.807, 2.05) is 18.2 Å². The normalized spacial score (nSPS) is 14.2. The molecule has 2 heteroatoms. The SMILES string of the molecule is COC1=CCNc2ccccc21. The first-order chi connectivity index (χ1) is 5.92. The fourth-order valence-corrected chi connectivity index (χ4v) is 1.41. The van der Waals surface area contributed by atoms with E-state index in [1.54, 1.807) is 7.11 Å². The van der Waals surface area contributed by atoms with Crippen LogP contribution in [0.5, 0.6) is 0 Å². The first-order valence-electron chi connectivity index (χ1n) is 3.99.